The lowest BCUT2D eigenvalue weighted by atomic mass is 10.1. The van der Waals surface area contributed by atoms with E-state index >= 15 is 0 Å². The number of amides is 2. The molecule has 1 unspecified atom stereocenters. The third-order valence-corrected chi connectivity index (χ3v) is 3.87. The SMILES string of the molecule is CSCC[C@@H](NC(=O)NCC(C)C1CC1)C(=O)O. The molecule has 2 amide bonds. The molecule has 1 aliphatic rings. The number of rotatable bonds is 8. The van der Waals surface area contributed by atoms with Crippen molar-refractivity contribution < 1.29 is 14.7 Å². The summed E-state index contributed by atoms with van der Waals surface area (Å²) in [5.41, 5.74) is 0. The summed E-state index contributed by atoms with van der Waals surface area (Å²) in [4.78, 5) is 22.5. The largest absolute Gasteiger partial charge is 0.480 e. The van der Waals surface area contributed by atoms with Gasteiger partial charge in [0.1, 0.15) is 6.04 Å². The van der Waals surface area contributed by atoms with E-state index in [1.807, 2.05) is 6.26 Å². The Labute approximate surface area is 112 Å². The maximum Gasteiger partial charge on any atom is 0.326 e. The van der Waals surface area contributed by atoms with Crippen molar-refractivity contribution in [3.63, 3.8) is 0 Å². The van der Waals surface area contributed by atoms with Crippen molar-refractivity contribution in [2.24, 2.45) is 11.8 Å². The fourth-order valence-electron chi connectivity index (χ4n) is 1.79. The molecule has 2 atom stereocenters. The molecule has 0 bridgehead atoms. The number of hydrogen-bond acceptors (Lipinski definition) is 3. The molecular weight excluding hydrogens is 252 g/mol. The minimum absolute atomic E-state index is 0.379. The van der Waals surface area contributed by atoms with Gasteiger partial charge < -0.3 is 15.7 Å². The van der Waals surface area contributed by atoms with E-state index < -0.39 is 12.0 Å². The van der Waals surface area contributed by atoms with Crippen LogP contribution in [-0.2, 0) is 4.79 Å². The maximum atomic E-state index is 11.6. The Balaban J connectivity index is 2.24. The molecule has 0 aliphatic heterocycles. The van der Waals surface area contributed by atoms with Crippen LogP contribution in [0.4, 0.5) is 4.79 Å². The average Bonchev–Trinajstić information content (AvgIpc) is 3.15. The molecule has 6 heteroatoms. The van der Waals surface area contributed by atoms with Crippen LogP contribution in [0, 0.1) is 11.8 Å². The van der Waals surface area contributed by atoms with Crippen LogP contribution in [0.3, 0.4) is 0 Å². The highest BCUT2D eigenvalue weighted by atomic mass is 32.2. The molecule has 0 heterocycles. The van der Waals surface area contributed by atoms with Crippen LogP contribution in [0.2, 0.25) is 0 Å². The predicted octanol–water partition coefficient (Wildman–Crippen LogP) is 1.54. The summed E-state index contributed by atoms with van der Waals surface area (Å²) in [6.07, 6.45) is 4.85. The van der Waals surface area contributed by atoms with E-state index in [1.165, 1.54) is 12.8 Å². The van der Waals surface area contributed by atoms with Crippen LogP contribution >= 0.6 is 11.8 Å². The highest BCUT2D eigenvalue weighted by Crippen LogP contribution is 2.35. The Morgan fingerprint density at radius 1 is 1.44 bits per heavy atom. The van der Waals surface area contributed by atoms with Crippen LogP contribution < -0.4 is 10.6 Å². The zero-order chi connectivity index (χ0) is 13.5. The highest BCUT2D eigenvalue weighted by molar-refractivity contribution is 7.98. The minimum Gasteiger partial charge on any atom is -0.480 e. The lowest BCUT2D eigenvalue weighted by Gasteiger charge is -2.16. The number of carbonyl (C=O) groups excluding carboxylic acids is 1. The third kappa shape index (κ3) is 5.62. The molecule has 1 aliphatic carbocycles. The second kappa shape index (κ2) is 7.51. The first kappa shape index (κ1) is 15.1. The molecule has 18 heavy (non-hydrogen) atoms. The van der Waals surface area contributed by atoms with E-state index in [9.17, 15) is 9.59 Å². The molecule has 0 spiro atoms. The van der Waals surface area contributed by atoms with E-state index in [1.54, 1.807) is 11.8 Å². The van der Waals surface area contributed by atoms with Gasteiger partial charge in [-0.1, -0.05) is 6.92 Å². The Morgan fingerprint density at radius 3 is 2.61 bits per heavy atom. The van der Waals surface area contributed by atoms with Crippen molar-refractivity contribution in [3.8, 4) is 0 Å². The molecule has 1 saturated carbocycles. The van der Waals surface area contributed by atoms with Crippen LogP contribution in [0.5, 0.6) is 0 Å². The Hall–Kier alpha value is -0.910. The van der Waals surface area contributed by atoms with Crippen molar-refractivity contribution in [1.82, 2.24) is 10.6 Å². The summed E-state index contributed by atoms with van der Waals surface area (Å²) in [7, 11) is 0. The molecule has 0 aromatic heterocycles. The predicted molar refractivity (Wildman–Crippen MR) is 72.8 cm³/mol. The van der Waals surface area contributed by atoms with Crippen molar-refractivity contribution in [1.29, 1.82) is 0 Å². The van der Waals surface area contributed by atoms with Gasteiger partial charge in [-0.2, -0.15) is 11.8 Å². The molecule has 0 radical (unpaired) electrons. The molecule has 104 valence electrons. The average molecular weight is 274 g/mol. The number of carboxylic acid groups (broad SMARTS) is 1. The number of thioether (sulfide) groups is 1. The van der Waals surface area contributed by atoms with E-state index in [0.717, 1.165) is 11.7 Å². The van der Waals surface area contributed by atoms with Gasteiger partial charge in [-0.3, -0.25) is 0 Å². The Morgan fingerprint density at radius 2 is 2.11 bits per heavy atom. The topological polar surface area (TPSA) is 78.4 Å². The molecule has 3 N–H and O–H groups in total. The number of carbonyl (C=O) groups is 2. The van der Waals surface area contributed by atoms with E-state index in [4.69, 9.17) is 5.11 Å². The summed E-state index contributed by atoms with van der Waals surface area (Å²) in [6.45, 7) is 2.73. The summed E-state index contributed by atoms with van der Waals surface area (Å²) < 4.78 is 0. The molecule has 5 nitrogen and oxygen atoms in total. The van der Waals surface area contributed by atoms with Gasteiger partial charge in [0.2, 0.25) is 0 Å². The van der Waals surface area contributed by atoms with Crippen molar-refractivity contribution in [2.45, 2.75) is 32.2 Å². The van der Waals surface area contributed by atoms with Gasteiger partial charge >= 0.3 is 12.0 Å². The number of nitrogens with one attached hydrogen (secondary N) is 2. The normalized spacial score (nSPS) is 17.9. The summed E-state index contributed by atoms with van der Waals surface area (Å²) in [5, 5.41) is 14.2. The van der Waals surface area contributed by atoms with Gasteiger partial charge in [-0.05, 0) is 43.1 Å². The monoisotopic (exact) mass is 274 g/mol. The van der Waals surface area contributed by atoms with Crippen LogP contribution in [0.1, 0.15) is 26.2 Å². The third-order valence-electron chi connectivity index (χ3n) is 3.23. The fraction of sp³-hybridized carbons (Fsp3) is 0.833. The van der Waals surface area contributed by atoms with Crippen LogP contribution in [0.15, 0.2) is 0 Å². The van der Waals surface area contributed by atoms with Gasteiger partial charge in [0, 0.05) is 6.54 Å². The summed E-state index contributed by atoms with van der Waals surface area (Å²) in [6, 6.07) is -1.18. The van der Waals surface area contributed by atoms with Crippen molar-refractivity contribution in [2.75, 3.05) is 18.6 Å². The van der Waals surface area contributed by atoms with Gasteiger partial charge in [0.15, 0.2) is 0 Å². The van der Waals surface area contributed by atoms with E-state index in [2.05, 4.69) is 17.6 Å². The maximum absolute atomic E-state index is 11.6. The zero-order valence-corrected chi connectivity index (χ0v) is 11.8. The van der Waals surface area contributed by atoms with Gasteiger partial charge in [0.25, 0.3) is 0 Å². The first-order chi connectivity index (χ1) is 8.54. The molecule has 0 aromatic carbocycles. The number of aliphatic carboxylic acids is 1. The second-order valence-electron chi connectivity index (χ2n) is 4.84. The molecule has 1 rings (SSSR count). The standard InChI is InChI=1S/C12H22N2O3S/c1-8(9-3-4-9)7-13-12(17)14-10(11(15)16)5-6-18-2/h8-10H,3-7H2,1-2H3,(H,15,16)(H2,13,14,17)/t8?,10-/m1/s1. The second-order valence-corrected chi connectivity index (χ2v) is 5.83. The fourth-order valence-corrected chi connectivity index (χ4v) is 2.26. The molecule has 0 aromatic rings. The first-order valence-electron chi connectivity index (χ1n) is 6.30. The van der Waals surface area contributed by atoms with Crippen molar-refractivity contribution >= 4 is 23.8 Å². The molecule has 1 fully saturated rings. The zero-order valence-electron chi connectivity index (χ0n) is 10.9. The molecular formula is C12H22N2O3S. The quantitative estimate of drug-likeness (QED) is 0.627. The highest BCUT2D eigenvalue weighted by Gasteiger charge is 2.28. The number of urea groups is 1. The van der Waals surface area contributed by atoms with E-state index in [0.29, 0.717) is 18.9 Å². The molecule has 0 saturated heterocycles. The van der Waals surface area contributed by atoms with Gasteiger partial charge in [-0.15, -0.1) is 0 Å². The van der Waals surface area contributed by atoms with Crippen LogP contribution in [0.25, 0.3) is 0 Å². The van der Waals surface area contributed by atoms with Crippen LogP contribution in [-0.4, -0.2) is 41.7 Å². The Kier molecular flexibility index (Phi) is 6.32. The van der Waals surface area contributed by atoms with Crippen molar-refractivity contribution in [3.05, 3.63) is 0 Å². The van der Waals surface area contributed by atoms with E-state index in [-0.39, 0.29) is 6.03 Å². The lowest BCUT2D eigenvalue weighted by molar-refractivity contribution is -0.139. The number of carboxylic acids is 1. The lowest BCUT2D eigenvalue weighted by Crippen LogP contribution is -2.47. The smallest absolute Gasteiger partial charge is 0.326 e. The minimum atomic E-state index is -0.977. The van der Waals surface area contributed by atoms with Gasteiger partial charge in [0.05, 0.1) is 0 Å². The van der Waals surface area contributed by atoms with Gasteiger partial charge in [-0.25, -0.2) is 9.59 Å². The summed E-state index contributed by atoms with van der Waals surface area (Å²) >= 11 is 1.57. The Bertz CT molecular complexity index is 295. The first-order valence-corrected chi connectivity index (χ1v) is 7.70. The number of hydrogen-bond donors (Lipinski definition) is 3. The summed E-state index contributed by atoms with van der Waals surface area (Å²) in [5.74, 6) is 0.951.